The van der Waals surface area contributed by atoms with Gasteiger partial charge in [-0.25, -0.2) is 0 Å². The Hall–Kier alpha value is -2.16. The van der Waals surface area contributed by atoms with Crippen LogP contribution in [0.15, 0.2) is 48.5 Å². The van der Waals surface area contributed by atoms with E-state index in [1.165, 1.54) is 24.8 Å². The molecular formula is C24H35NO2. The summed E-state index contributed by atoms with van der Waals surface area (Å²) >= 11 is 0. The van der Waals surface area contributed by atoms with E-state index in [4.69, 9.17) is 9.47 Å². The van der Waals surface area contributed by atoms with Crippen molar-refractivity contribution in [3.05, 3.63) is 54.1 Å². The Morgan fingerprint density at radius 2 is 1.74 bits per heavy atom. The van der Waals surface area contributed by atoms with E-state index in [-0.39, 0.29) is 0 Å². The van der Waals surface area contributed by atoms with Crippen molar-refractivity contribution >= 4 is 5.69 Å². The minimum Gasteiger partial charge on any atom is -0.494 e. The topological polar surface area (TPSA) is 30.5 Å². The molecule has 0 aliphatic carbocycles. The summed E-state index contributed by atoms with van der Waals surface area (Å²) in [5, 5.41) is 3.49. The molecule has 0 heterocycles. The number of unbranched alkanes of at least 4 members (excludes halogenated alkanes) is 3. The van der Waals surface area contributed by atoms with Crippen LogP contribution in [-0.4, -0.2) is 13.2 Å². The summed E-state index contributed by atoms with van der Waals surface area (Å²) in [7, 11) is 0. The lowest BCUT2D eigenvalue weighted by atomic mass is 10.1. The third kappa shape index (κ3) is 8.38. The van der Waals surface area contributed by atoms with E-state index in [0.717, 1.165) is 49.8 Å². The Balaban J connectivity index is 1.85. The highest BCUT2D eigenvalue weighted by atomic mass is 16.5. The summed E-state index contributed by atoms with van der Waals surface area (Å²) < 4.78 is 11.9. The van der Waals surface area contributed by atoms with E-state index in [9.17, 15) is 0 Å². The molecular weight excluding hydrogens is 334 g/mol. The second-order valence-electron chi connectivity index (χ2n) is 7.43. The lowest BCUT2D eigenvalue weighted by molar-refractivity contribution is 0.289. The van der Waals surface area contributed by atoms with E-state index in [1.54, 1.807) is 0 Å². The first-order valence-corrected chi connectivity index (χ1v) is 10.4. The van der Waals surface area contributed by atoms with Crippen molar-refractivity contribution in [3.63, 3.8) is 0 Å². The molecule has 0 saturated heterocycles. The lowest BCUT2D eigenvalue weighted by Crippen LogP contribution is -2.05. The van der Waals surface area contributed by atoms with Crippen LogP contribution >= 0.6 is 0 Å². The number of ether oxygens (including phenoxy) is 2. The molecule has 2 aromatic rings. The van der Waals surface area contributed by atoms with Gasteiger partial charge in [-0.05, 0) is 37.0 Å². The minimum absolute atomic E-state index is 0.657. The van der Waals surface area contributed by atoms with Gasteiger partial charge in [-0.1, -0.05) is 64.3 Å². The predicted octanol–water partition coefficient (Wildman–Crippen LogP) is 6.68. The van der Waals surface area contributed by atoms with Crippen molar-refractivity contribution in [1.29, 1.82) is 0 Å². The highest BCUT2D eigenvalue weighted by Crippen LogP contribution is 2.22. The predicted molar refractivity (Wildman–Crippen MR) is 115 cm³/mol. The standard InChI is InChI=1S/C24H35NO2/c1-4-5-6-9-16-27-24-14-8-7-11-21(24)19-25-22-12-10-13-23(18-22)26-17-15-20(2)3/h7-8,10-14,18,20,25H,4-6,9,15-17,19H2,1-3H3. The van der Waals surface area contributed by atoms with Crippen LogP contribution < -0.4 is 14.8 Å². The molecule has 27 heavy (non-hydrogen) atoms. The van der Waals surface area contributed by atoms with Crippen LogP contribution in [0.1, 0.15) is 58.4 Å². The first kappa shape index (κ1) is 21.1. The molecule has 0 bridgehead atoms. The molecule has 0 aliphatic rings. The molecule has 2 rings (SSSR count). The van der Waals surface area contributed by atoms with Crippen molar-refractivity contribution in [3.8, 4) is 11.5 Å². The molecule has 3 heteroatoms. The molecule has 0 atom stereocenters. The van der Waals surface area contributed by atoms with Gasteiger partial charge in [0, 0.05) is 23.9 Å². The highest BCUT2D eigenvalue weighted by molar-refractivity contribution is 5.49. The van der Waals surface area contributed by atoms with Crippen molar-refractivity contribution in [2.45, 2.75) is 59.4 Å². The number of hydrogen-bond acceptors (Lipinski definition) is 3. The molecule has 0 radical (unpaired) electrons. The van der Waals surface area contributed by atoms with E-state index < -0.39 is 0 Å². The maximum absolute atomic E-state index is 6.01. The summed E-state index contributed by atoms with van der Waals surface area (Å²) in [6.45, 7) is 8.94. The summed E-state index contributed by atoms with van der Waals surface area (Å²) in [4.78, 5) is 0. The van der Waals surface area contributed by atoms with Crippen molar-refractivity contribution in [2.75, 3.05) is 18.5 Å². The maximum Gasteiger partial charge on any atom is 0.124 e. The van der Waals surface area contributed by atoms with Gasteiger partial charge in [-0.15, -0.1) is 0 Å². The zero-order valence-electron chi connectivity index (χ0n) is 17.2. The number of anilines is 1. The summed E-state index contributed by atoms with van der Waals surface area (Å²) in [5.41, 5.74) is 2.24. The fourth-order valence-corrected chi connectivity index (χ4v) is 2.81. The number of benzene rings is 2. The molecule has 0 aromatic heterocycles. The largest absolute Gasteiger partial charge is 0.494 e. The monoisotopic (exact) mass is 369 g/mol. The van der Waals surface area contributed by atoms with Crippen molar-refractivity contribution in [1.82, 2.24) is 0 Å². The van der Waals surface area contributed by atoms with Gasteiger partial charge in [0.15, 0.2) is 0 Å². The molecule has 148 valence electrons. The van der Waals surface area contributed by atoms with Gasteiger partial charge in [0.1, 0.15) is 11.5 Å². The van der Waals surface area contributed by atoms with Crippen LogP contribution in [0.25, 0.3) is 0 Å². The van der Waals surface area contributed by atoms with Crippen LogP contribution in [0.3, 0.4) is 0 Å². The quantitative estimate of drug-likeness (QED) is 0.399. The maximum atomic E-state index is 6.01. The first-order chi connectivity index (χ1) is 13.2. The van der Waals surface area contributed by atoms with Gasteiger partial charge in [-0.2, -0.15) is 0 Å². The zero-order valence-corrected chi connectivity index (χ0v) is 17.2. The van der Waals surface area contributed by atoms with Crippen LogP contribution in [0, 0.1) is 5.92 Å². The molecule has 0 aliphatic heterocycles. The number of rotatable bonds is 13. The van der Waals surface area contributed by atoms with Crippen LogP contribution in [-0.2, 0) is 6.54 Å². The Morgan fingerprint density at radius 3 is 2.56 bits per heavy atom. The van der Waals surface area contributed by atoms with Crippen LogP contribution in [0.4, 0.5) is 5.69 Å². The molecule has 2 aromatic carbocycles. The molecule has 0 spiro atoms. The van der Waals surface area contributed by atoms with Crippen LogP contribution in [0.2, 0.25) is 0 Å². The van der Waals surface area contributed by atoms with E-state index in [0.29, 0.717) is 5.92 Å². The smallest absolute Gasteiger partial charge is 0.124 e. The van der Waals surface area contributed by atoms with Gasteiger partial charge in [0.2, 0.25) is 0 Å². The molecule has 0 fully saturated rings. The van der Waals surface area contributed by atoms with E-state index >= 15 is 0 Å². The van der Waals surface area contributed by atoms with Crippen molar-refractivity contribution < 1.29 is 9.47 Å². The third-order valence-electron chi connectivity index (χ3n) is 4.51. The number of para-hydroxylation sites is 1. The Labute approximate surface area is 165 Å². The SMILES string of the molecule is CCCCCCOc1ccccc1CNc1cccc(OCCC(C)C)c1. The second-order valence-corrected chi connectivity index (χ2v) is 7.43. The van der Waals surface area contributed by atoms with Crippen LogP contribution in [0.5, 0.6) is 11.5 Å². The summed E-state index contributed by atoms with van der Waals surface area (Å²) in [5.74, 6) is 2.55. The average molecular weight is 370 g/mol. The van der Waals surface area contributed by atoms with E-state index in [1.807, 2.05) is 18.2 Å². The van der Waals surface area contributed by atoms with Gasteiger partial charge in [-0.3, -0.25) is 0 Å². The first-order valence-electron chi connectivity index (χ1n) is 10.4. The number of nitrogens with one attached hydrogen (secondary N) is 1. The summed E-state index contributed by atoms with van der Waals surface area (Å²) in [6, 6.07) is 16.5. The Kier molecular flexibility index (Phi) is 9.61. The Morgan fingerprint density at radius 1 is 0.889 bits per heavy atom. The Bertz CT molecular complexity index is 654. The lowest BCUT2D eigenvalue weighted by Gasteiger charge is -2.14. The molecule has 1 N–H and O–H groups in total. The molecule has 0 saturated carbocycles. The second kappa shape index (κ2) is 12.3. The van der Waals surface area contributed by atoms with Gasteiger partial charge in [0.05, 0.1) is 13.2 Å². The van der Waals surface area contributed by atoms with Gasteiger partial charge >= 0.3 is 0 Å². The molecule has 3 nitrogen and oxygen atoms in total. The zero-order chi connectivity index (χ0) is 19.3. The molecule has 0 unspecified atom stereocenters. The average Bonchev–Trinajstić information content (AvgIpc) is 2.67. The third-order valence-corrected chi connectivity index (χ3v) is 4.51. The molecule has 0 amide bonds. The highest BCUT2D eigenvalue weighted by Gasteiger charge is 2.04. The number of hydrogen-bond donors (Lipinski definition) is 1. The normalized spacial score (nSPS) is 10.8. The van der Waals surface area contributed by atoms with Gasteiger partial charge in [0.25, 0.3) is 0 Å². The fraction of sp³-hybridized carbons (Fsp3) is 0.500. The van der Waals surface area contributed by atoms with Crippen molar-refractivity contribution in [2.24, 2.45) is 5.92 Å². The van der Waals surface area contributed by atoms with E-state index in [2.05, 4.69) is 56.4 Å². The fourth-order valence-electron chi connectivity index (χ4n) is 2.81. The minimum atomic E-state index is 0.657. The summed E-state index contributed by atoms with van der Waals surface area (Å²) in [6.07, 6.45) is 5.95. The van der Waals surface area contributed by atoms with Gasteiger partial charge < -0.3 is 14.8 Å².